The standard InChI is InChI=1S/C24H20N2O4/c1-24(2)11-17-20(18(27)12-24)19(13-7-9-14(10-8-13)26(29)30)21-22(25-17)15-5-3-4-6-16(15)23(21)28/h3-10,19,21H,11-12H2,1-2H3/t19-,21+/m0/s1. The van der Waals surface area contributed by atoms with Gasteiger partial charge in [0.05, 0.1) is 16.6 Å². The highest BCUT2D eigenvalue weighted by Gasteiger charge is 2.50. The molecule has 0 spiro atoms. The first kappa shape index (κ1) is 18.6. The molecule has 0 aromatic heterocycles. The lowest BCUT2D eigenvalue weighted by molar-refractivity contribution is -0.384. The number of allylic oxidation sites excluding steroid dienone is 2. The van der Waals surface area contributed by atoms with Crippen molar-refractivity contribution in [1.82, 2.24) is 0 Å². The molecule has 0 bridgehead atoms. The molecule has 6 nitrogen and oxygen atoms in total. The van der Waals surface area contributed by atoms with Gasteiger partial charge in [0.25, 0.3) is 5.69 Å². The number of aliphatic imine (C=N–C) groups is 1. The average molecular weight is 400 g/mol. The molecule has 0 fully saturated rings. The van der Waals surface area contributed by atoms with Crippen molar-refractivity contribution in [3.05, 3.63) is 86.6 Å². The summed E-state index contributed by atoms with van der Waals surface area (Å²) in [4.78, 5) is 42.1. The molecule has 3 aliphatic rings. The zero-order valence-corrected chi connectivity index (χ0v) is 16.7. The maximum atomic E-state index is 13.4. The molecule has 2 atom stereocenters. The van der Waals surface area contributed by atoms with E-state index in [0.717, 1.165) is 16.8 Å². The van der Waals surface area contributed by atoms with Gasteiger partial charge in [-0.05, 0) is 17.4 Å². The third-order valence-corrected chi connectivity index (χ3v) is 6.30. The number of ketones is 2. The predicted octanol–water partition coefficient (Wildman–Crippen LogP) is 4.64. The lowest BCUT2D eigenvalue weighted by Crippen LogP contribution is -2.37. The van der Waals surface area contributed by atoms with Crippen molar-refractivity contribution in [1.29, 1.82) is 0 Å². The van der Waals surface area contributed by atoms with Crippen molar-refractivity contribution < 1.29 is 14.5 Å². The minimum Gasteiger partial charge on any atom is -0.294 e. The van der Waals surface area contributed by atoms with Crippen LogP contribution >= 0.6 is 0 Å². The molecule has 0 saturated heterocycles. The molecule has 1 heterocycles. The van der Waals surface area contributed by atoms with E-state index in [0.29, 0.717) is 29.7 Å². The van der Waals surface area contributed by atoms with Gasteiger partial charge in [-0.25, -0.2) is 0 Å². The summed E-state index contributed by atoms with van der Waals surface area (Å²) in [6, 6.07) is 13.6. The number of fused-ring (bicyclic) bond motifs is 3. The summed E-state index contributed by atoms with van der Waals surface area (Å²) in [5, 5.41) is 11.1. The van der Waals surface area contributed by atoms with Gasteiger partial charge in [-0.15, -0.1) is 0 Å². The zero-order chi connectivity index (χ0) is 21.2. The van der Waals surface area contributed by atoms with Gasteiger partial charge >= 0.3 is 0 Å². The van der Waals surface area contributed by atoms with Crippen LogP contribution in [-0.2, 0) is 4.79 Å². The number of Topliss-reactive ketones (excluding diaryl/α,β-unsaturated/α-hetero) is 2. The Morgan fingerprint density at radius 3 is 2.30 bits per heavy atom. The van der Waals surface area contributed by atoms with E-state index in [1.165, 1.54) is 12.1 Å². The van der Waals surface area contributed by atoms with Crippen LogP contribution in [0.3, 0.4) is 0 Å². The van der Waals surface area contributed by atoms with Gasteiger partial charge in [-0.2, -0.15) is 0 Å². The number of carbonyl (C=O) groups is 2. The first-order chi connectivity index (χ1) is 14.3. The number of non-ortho nitro benzene ring substituents is 1. The van der Waals surface area contributed by atoms with Crippen molar-refractivity contribution in [2.24, 2.45) is 16.3 Å². The minimum absolute atomic E-state index is 0.0103. The van der Waals surface area contributed by atoms with Crippen LogP contribution in [0.1, 0.15) is 54.1 Å². The molecule has 2 aromatic carbocycles. The average Bonchev–Trinajstić information content (AvgIpc) is 2.98. The third-order valence-electron chi connectivity index (χ3n) is 6.30. The largest absolute Gasteiger partial charge is 0.294 e. The Hall–Kier alpha value is -3.41. The molecular formula is C24H20N2O4. The predicted molar refractivity (Wildman–Crippen MR) is 112 cm³/mol. The van der Waals surface area contributed by atoms with Crippen LogP contribution in [0, 0.1) is 21.4 Å². The van der Waals surface area contributed by atoms with Crippen molar-refractivity contribution in [2.75, 3.05) is 0 Å². The van der Waals surface area contributed by atoms with Gasteiger partial charge in [0.1, 0.15) is 0 Å². The van der Waals surface area contributed by atoms with Gasteiger partial charge in [0.2, 0.25) is 0 Å². The number of carbonyl (C=O) groups excluding carboxylic acids is 2. The molecule has 0 unspecified atom stereocenters. The van der Waals surface area contributed by atoms with E-state index < -0.39 is 16.8 Å². The van der Waals surface area contributed by atoms with Gasteiger partial charge in [0.15, 0.2) is 11.6 Å². The SMILES string of the molecule is CC1(C)CC(=O)C2=C(C1)N=C1c3ccccc3C(=O)[C@@H]1[C@H]2c1ccc([N+](=O)[O-])cc1. The van der Waals surface area contributed by atoms with Gasteiger partial charge in [-0.1, -0.05) is 50.2 Å². The zero-order valence-electron chi connectivity index (χ0n) is 16.7. The van der Waals surface area contributed by atoms with Crippen molar-refractivity contribution in [3.8, 4) is 0 Å². The first-order valence-electron chi connectivity index (χ1n) is 10.00. The van der Waals surface area contributed by atoms with E-state index in [1.54, 1.807) is 18.2 Å². The van der Waals surface area contributed by atoms with Crippen LogP contribution in [0.2, 0.25) is 0 Å². The topological polar surface area (TPSA) is 89.6 Å². The van der Waals surface area contributed by atoms with Crippen LogP contribution in [0.15, 0.2) is 64.8 Å². The number of rotatable bonds is 2. The highest BCUT2D eigenvalue weighted by atomic mass is 16.6. The first-order valence-corrected chi connectivity index (χ1v) is 10.00. The number of nitro groups is 1. The molecule has 2 aliphatic carbocycles. The molecule has 150 valence electrons. The molecule has 6 heteroatoms. The number of nitro benzene ring substituents is 1. The lowest BCUT2D eigenvalue weighted by atomic mass is 9.66. The van der Waals surface area contributed by atoms with E-state index in [-0.39, 0.29) is 22.7 Å². The highest BCUT2D eigenvalue weighted by molar-refractivity contribution is 6.30. The van der Waals surface area contributed by atoms with Gasteiger partial charge < -0.3 is 0 Å². The Bertz CT molecular complexity index is 1190. The smallest absolute Gasteiger partial charge is 0.269 e. The summed E-state index contributed by atoms with van der Waals surface area (Å²) in [5.74, 6) is -1.09. The van der Waals surface area contributed by atoms with Crippen LogP contribution in [-0.4, -0.2) is 22.2 Å². The summed E-state index contributed by atoms with van der Waals surface area (Å²) in [6.45, 7) is 4.10. The number of hydrogen-bond acceptors (Lipinski definition) is 5. The normalized spacial score (nSPS) is 24.1. The quantitative estimate of drug-likeness (QED) is 0.543. The summed E-state index contributed by atoms with van der Waals surface area (Å²) < 4.78 is 0. The van der Waals surface area contributed by atoms with Crippen LogP contribution in [0.5, 0.6) is 0 Å². The van der Waals surface area contributed by atoms with Crippen LogP contribution < -0.4 is 0 Å². The van der Waals surface area contributed by atoms with Crippen molar-refractivity contribution in [2.45, 2.75) is 32.6 Å². The lowest BCUT2D eigenvalue weighted by Gasteiger charge is -2.38. The minimum atomic E-state index is -0.576. The molecule has 0 N–H and O–H groups in total. The van der Waals surface area contributed by atoms with Crippen molar-refractivity contribution in [3.63, 3.8) is 0 Å². The maximum Gasteiger partial charge on any atom is 0.269 e. The monoisotopic (exact) mass is 400 g/mol. The maximum absolute atomic E-state index is 13.4. The van der Waals surface area contributed by atoms with E-state index in [2.05, 4.69) is 13.8 Å². The summed E-state index contributed by atoms with van der Waals surface area (Å²) in [7, 11) is 0. The van der Waals surface area contributed by atoms with Gasteiger partial charge in [-0.3, -0.25) is 24.7 Å². The molecule has 30 heavy (non-hydrogen) atoms. The number of nitrogens with zero attached hydrogens (tertiary/aromatic N) is 2. The highest BCUT2D eigenvalue weighted by Crippen LogP contribution is 2.51. The third kappa shape index (κ3) is 2.67. The van der Waals surface area contributed by atoms with Crippen LogP contribution in [0.4, 0.5) is 5.69 Å². The van der Waals surface area contributed by atoms with E-state index in [4.69, 9.17) is 4.99 Å². The second-order valence-corrected chi connectivity index (χ2v) is 9.01. The van der Waals surface area contributed by atoms with E-state index in [1.807, 2.05) is 18.2 Å². The Labute approximate surface area is 173 Å². The summed E-state index contributed by atoms with van der Waals surface area (Å²) >= 11 is 0. The summed E-state index contributed by atoms with van der Waals surface area (Å²) in [5.41, 5.74) is 4.02. The fourth-order valence-electron chi connectivity index (χ4n) is 5.05. The van der Waals surface area contributed by atoms with Crippen LogP contribution in [0.25, 0.3) is 0 Å². The fourth-order valence-corrected chi connectivity index (χ4v) is 5.05. The Morgan fingerprint density at radius 2 is 1.63 bits per heavy atom. The van der Waals surface area contributed by atoms with Crippen molar-refractivity contribution >= 4 is 23.0 Å². The number of benzene rings is 2. The molecular weight excluding hydrogens is 380 g/mol. The summed E-state index contributed by atoms with van der Waals surface area (Å²) in [6.07, 6.45) is 1.05. The molecule has 2 aromatic rings. The molecule has 1 aliphatic heterocycles. The Balaban J connectivity index is 1.73. The van der Waals surface area contributed by atoms with E-state index in [9.17, 15) is 19.7 Å². The van der Waals surface area contributed by atoms with E-state index >= 15 is 0 Å². The fraction of sp³-hybridized carbons (Fsp3) is 0.292. The second kappa shape index (κ2) is 6.29. The second-order valence-electron chi connectivity index (χ2n) is 9.01. The molecule has 0 radical (unpaired) electrons. The molecule has 5 rings (SSSR count). The number of hydrogen-bond donors (Lipinski definition) is 0. The Kier molecular flexibility index (Phi) is 3.90. The Morgan fingerprint density at radius 1 is 0.967 bits per heavy atom. The van der Waals surface area contributed by atoms with Gasteiger partial charge in [0, 0.05) is 46.9 Å². The molecule has 0 amide bonds. The molecule has 0 saturated carbocycles.